The van der Waals surface area contributed by atoms with Crippen LogP contribution in [0.1, 0.15) is 6.92 Å². The van der Waals surface area contributed by atoms with Gasteiger partial charge < -0.3 is 15.0 Å². The van der Waals surface area contributed by atoms with Crippen molar-refractivity contribution in [2.24, 2.45) is 0 Å². The number of ether oxygens (including phenoxy) is 1. The maximum absolute atomic E-state index is 12.0. The van der Waals surface area contributed by atoms with Gasteiger partial charge in [0, 0.05) is 16.7 Å². The Kier molecular flexibility index (Phi) is 6.94. The molecular formula is C18H21BrN2O2. The lowest BCUT2D eigenvalue weighted by Gasteiger charge is -2.22. The summed E-state index contributed by atoms with van der Waals surface area (Å²) in [5.74, 6) is 0.779. The number of hydrogen-bond donors (Lipinski definition) is 1. The van der Waals surface area contributed by atoms with Crippen LogP contribution in [-0.2, 0) is 4.79 Å². The van der Waals surface area contributed by atoms with Crippen molar-refractivity contribution >= 4 is 27.5 Å². The highest BCUT2D eigenvalue weighted by atomic mass is 79.9. The van der Waals surface area contributed by atoms with Crippen LogP contribution in [0.15, 0.2) is 59.1 Å². The Bertz CT molecular complexity index is 619. The molecule has 0 fully saturated rings. The van der Waals surface area contributed by atoms with Gasteiger partial charge in [0.05, 0.1) is 13.1 Å². The molecule has 0 heterocycles. The van der Waals surface area contributed by atoms with Crippen LogP contribution in [0.2, 0.25) is 0 Å². The van der Waals surface area contributed by atoms with E-state index in [9.17, 15) is 4.79 Å². The monoisotopic (exact) mass is 376 g/mol. The fraction of sp³-hybridized carbons (Fsp3) is 0.278. The van der Waals surface area contributed by atoms with Gasteiger partial charge >= 0.3 is 0 Å². The van der Waals surface area contributed by atoms with Crippen molar-refractivity contribution in [3.63, 3.8) is 0 Å². The summed E-state index contributed by atoms with van der Waals surface area (Å²) in [6, 6.07) is 17.6. The summed E-state index contributed by atoms with van der Waals surface area (Å²) < 4.78 is 6.57. The second-order valence-electron chi connectivity index (χ2n) is 5.01. The first-order valence-corrected chi connectivity index (χ1v) is 8.43. The third-order valence-electron chi connectivity index (χ3n) is 3.33. The van der Waals surface area contributed by atoms with E-state index < -0.39 is 0 Å². The molecule has 0 aromatic heterocycles. The molecule has 4 nitrogen and oxygen atoms in total. The molecule has 1 amide bonds. The Balaban J connectivity index is 1.72. The Labute approximate surface area is 145 Å². The van der Waals surface area contributed by atoms with Crippen LogP contribution >= 0.6 is 15.9 Å². The number of halogens is 1. The van der Waals surface area contributed by atoms with Gasteiger partial charge in [0.1, 0.15) is 12.4 Å². The van der Waals surface area contributed by atoms with Gasteiger partial charge in [0.15, 0.2) is 0 Å². The minimum Gasteiger partial charge on any atom is -0.492 e. The molecule has 2 rings (SSSR count). The lowest BCUT2D eigenvalue weighted by atomic mass is 10.3. The Morgan fingerprint density at radius 2 is 1.96 bits per heavy atom. The number of nitrogens with zero attached hydrogens (tertiary/aromatic N) is 1. The lowest BCUT2D eigenvalue weighted by Crippen LogP contribution is -2.38. The van der Waals surface area contributed by atoms with Crippen LogP contribution in [0.5, 0.6) is 5.75 Å². The molecule has 5 heteroatoms. The third kappa shape index (κ3) is 5.94. The largest absolute Gasteiger partial charge is 0.492 e. The molecule has 23 heavy (non-hydrogen) atoms. The highest BCUT2D eigenvalue weighted by Crippen LogP contribution is 2.17. The van der Waals surface area contributed by atoms with E-state index in [-0.39, 0.29) is 5.91 Å². The summed E-state index contributed by atoms with van der Waals surface area (Å²) in [4.78, 5) is 14.1. The second-order valence-corrected chi connectivity index (χ2v) is 5.92. The van der Waals surface area contributed by atoms with Crippen molar-refractivity contribution in [2.75, 3.05) is 31.1 Å². The number of hydrogen-bond acceptors (Lipinski definition) is 3. The van der Waals surface area contributed by atoms with Crippen LogP contribution in [0, 0.1) is 0 Å². The first-order valence-electron chi connectivity index (χ1n) is 7.64. The number of anilines is 1. The van der Waals surface area contributed by atoms with E-state index in [1.165, 1.54) is 0 Å². The molecule has 0 bridgehead atoms. The van der Waals surface area contributed by atoms with Gasteiger partial charge in [-0.25, -0.2) is 0 Å². The Hall–Kier alpha value is -2.01. The van der Waals surface area contributed by atoms with Gasteiger partial charge in [-0.15, -0.1) is 0 Å². The number of para-hydroxylation sites is 1. The van der Waals surface area contributed by atoms with Crippen molar-refractivity contribution in [1.29, 1.82) is 0 Å². The fourth-order valence-corrected chi connectivity index (χ4v) is 2.55. The standard InChI is InChI=1S/C18H21BrN2O2/c1-2-21(16-8-4-3-5-9-16)14-18(22)20-11-12-23-17-10-6-7-15(19)13-17/h3-10,13H,2,11-12,14H2,1H3,(H,20,22). The van der Waals surface area contributed by atoms with Crippen LogP contribution in [-0.4, -0.2) is 32.1 Å². The predicted molar refractivity (Wildman–Crippen MR) is 97.0 cm³/mol. The quantitative estimate of drug-likeness (QED) is 0.717. The van der Waals surface area contributed by atoms with Crippen molar-refractivity contribution in [3.05, 3.63) is 59.1 Å². The molecule has 0 atom stereocenters. The van der Waals surface area contributed by atoms with Crippen molar-refractivity contribution in [3.8, 4) is 5.75 Å². The molecule has 0 unspecified atom stereocenters. The van der Waals surface area contributed by atoms with Crippen molar-refractivity contribution in [2.45, 2.75) is 6.92 Å². The van der Waals surface area contributed by atoms with Crippen LogP contribution in [0.25, 0.3) is 0 Å². The number of nitrogens with one attached hydrogen (secondary N) is 1. The first-order chi connectivity index (χ1) is 11.2. The maximum atomic E-state index is 12.0. The summed E-state index contributed by atoms with van der Waals surface area (Å²) in [7, 11) is 0. The molecule has 122 valence electrons. The smallest absolute Gasteiger partial charge is 0.239 e. The number of carbonyl (C=O) groups excluding carboxylic acids is 1. The SMILES string of the molecule is CCN(CC(=O)NCCOc1cccc(Br)c1)c1ccccc1. The molecule has 0 radical (unpaired) electrons. The van der Waals surface area contributed by atoms with E-state index in [4.69, 9.17) is 4.74 Å². The average Bonchev–Trinajstić information content (AvgIpc) is 2.57. The predicted octanol–water partition coefficient (Wildman–Crippen LogP) is 3.47. The van der Waals surface area contributed by atoms with Gasteiger partial charge in [-0.2, -0.15) is 0 Å². The molecule has 0 aliphatic heterocycles. The van der Waals surface area contributed by atoms with Crippen LogP contribution < -0.4 is 15.0 Å². The molecule has 1 N–H and O–H groups in total. The highest BCUT2D eigenvalue weighted by molar-refractivity contribution is 9.10. The zero-order valence-corrected chi connectivity index (χ0v) is 14.8. The van der Waals surface area contributed by atoms with Crippen molar-refractivity contribution < 1.29 is 9.53 Å². The first kappa shape index (κ1) is 17.3. The van der Waals surface area contributed by atoms with Gasteiger partial charge in [-0.1, -0.05) is 40.2 Å². The maximum Gasteiger partial charge on any atom is 0.239 e. The van der Waals surface area contributed by atoms with Gasteiger partial charge in [-0.05, 0) is 37.3 Å². The lowest BCUT2D eigenvalue weighted by molar-refractivity contribution is -0.119. The summed E-state index contributed by atoms with van der Waals surface area (Å²) >= 11 is 3.40. The third-order valence-corrected chi connectivity index (χ3v) is 3.82. The molecule has 0 saturated heterocycles. The molecule has 2 aromatic rings. The number of rotatable bonds is 8. The summed E-state index contributed by atoms with van der Waals surface area (Å²) in [5.41, 5.74) is 1.05. The molecule has 0 aliphatic carbocycles. The minimum atomic E-state index is -0.00598. The number of carbonyl (C=O) groups is 1. The topological polar surface area (TPSA) is 41.6 Å². The van der Waals surface area contributed by atoms with E-state index in [1.54, 1.807) is 0 Å². The van der Waals surface area contributed by atoms with Gasteiger partial charge in [0.2, 0.25) is 5.91 Å². The van der Waals surface area contributed by atoms with Crippen molar-refractivity contribution in [1.82, 2.24) is 5.32 Å². The Morgan fingerprint density at radius 1 is 1.17 bits per heavy atom. The van der Waals surface area contributed by atoms with Crippen LogP contribution in [0.3, 0.4) is 0 Å². The van der Waals surface area contributed by atoms with E-state index in [0.29, 0.717) is 19.7 Å². The summed E-state index contributed by atoms with van der Waals surface area (Å²) in [5, 5.41) is 2.88. The second kappa shape index (κ2) is 9.20. The molecule has 0 aliphatic rings. The summed E-state index contributed by atoms with van der Waals surface area (Å²) in [6.07, 6.45) is 0. The minimum absolute atomic E-state index is 0.00598. The molecular weight excluding hydrogens is 356 g/mol. The van der Waals surface area contributed by atoms with E-state index in [0.717, 1.165) is 22.5 Å². The zero-order valence-electron chi connectivity index (χ0n) is 13.2. The van der Waals surface area contributed by atoms with Gasteiger partial charge in [-0.3, -0.25) is 4.79 Å². The normalized spacial score (nSPS) is 10.2. The fourth-order valence-electron chi connectivity index (χ4n) is 2.17. The zero-order chi connectivity index (χ0) is 16.5. The molecule has 0 spiro atoms. The number of likely N-dealkylation sites (N-methyl/N-ethyl adjacent to an activating group) is 1. The Morgan fingerprint density at radius 3 is 2.65 bits per heavy atom. The van der Waals surface area contributed by atoms with Gasteiger partial charge in [0.25, 0.3) is 0 Å². The molecule has 0 saturated carbocycles. The number of benzene rings is 2. The number of amides is 1. The average molecular weight is 377 g/mol. The molecule has 2 aromatic carbocycles. The van der Waals surface area contributed by atoms with Crippen LogP contribution in [0.4, 0.5) is 5.69 Å². The summed E-state index contributed by atoms with van der Waals surface area (Å²) in [6.45, 7) is 4.09. The van der Waals surface area contributed by atoms with E-state index >= 15 is 0 Å². The van der Waals surface area contributed by atoms with E-state index in [2.05, 4.69) is 21.2 Å². The van der Waals surface area contributed by atoms with E-state index in [1.807, 2.05) is 66.4 Å². The highest BCUT2D eigenvalue weighted by Gasteiger charge is 2.09.